The lowest BCUT2D eigenvalue weighted by Gasteiger charge is -2.18. The van der Waals surface area contributed by atoms with E-state index in [-0.39, 0.29) is 11.8 Å². The summed E-state index contributed by atoms with van der Waals surface area (Å²) in [5.41, 5.74) is 7.64. The van der Waals surface area contributed by atoms with Crippen molar-refractivity contribution in [1.29, 1.82) is 0 Å². The second-order valence-electron chi connectivity index (χ2n) is 10.6. The average Bonchev–Trinajstić information content (AvgIpc) is 3.55. The maximum Gasteiger partial charge on any atom is 0.268 e. The molecule has 0 N–H and O–H groups in total. The third-order valence-corrected chi connectivity index (χ3v) is 8.27. The number of pyridine rings is 1. The Kier molecular flexibility index (Phi) is 5.71. The van der Waals surface area contributed by atoms with Gasteiger partial charge in [-0.25, -0.2) is 9.74 Å². The van der Waals surface area contributed by atoms with Crippen LogP contribution >= 0.6 is 0 Å². The van der Waals surface area contributed by atoms with E-state index < -0.39 is 0 Å². The molecule has 0 radical (unpaired) electrons. The van der Waals surface area contributed by atoms with E-state index in [0.29, 0.717) is 28.2 Å². The van der Waals surface area contributed by atoms with E-state index in [2.05, 4.69) is 26.5 Å². The minimum atomic E-state index is -0.358. The predicted molar refractivity (Wildman–Crippen MR) is 173 cm³/mol. The molecule has 0 unspecified atom stereocenters. The van der Waals surface area contributed by atoms with Gasteiger partial charge in [0, 0.05) is 34.3 Å². The van der Waals surface area contributed by atoms with Gasteiger partial charge in [0.25, 0.3) is 11.8 Å². The fraction of sp³-hybridized carbons (Fsp3) is 0. The molecule has 5 aromatic carbocycles. The summed E-state index contributed by atoms with van der Waals surface area (Å²) in [6.07, 6.45) is 3.33. The Labute approximate surface area is 252 Å². The second-order valence-corrected chi connectivity index (χ2v) is 10.6. The first kappa shape index (κ1) is 25.4. The van der Waals surface area contributed by atoms with Crippen LogP contribution in [0, 0.1) is 6.57 Å². The molecule has 2 aromatic heterocycles. The number of para-hydroxylation sites is 2. The zero-order valence-electron chi connectivity index (χ0n) is 23.3. The molecular formula is C38H22N4O2. The van der Waals surface area contributed by atoms with E-state index in [0.717, 1.165) is 44.1 Å². The van der Waals surface area contributed by atoms with Crippen molar-refractivity contribution in [2.75, 3.05) is 4.90 Å². The SMILES string of the molecule is [C-]#[N+]c1ccncc1-c1ccc2c(c1)c1ccccc1n2-c1cccc2c1C(=O)N(c1ccccc1-c1ccccc1)C2=O. The van der Waals surface area contributed by atoms with Crippen molar-refractivity contribution in [2.45, 2.75) is 0 Å². The van der Waals surface area contributed by atoms with Crippen molar-refractivity contribution in [2.24, 2.45) is 0 Å². The van der Waals surface area contributed by atoms with Crippen LogP contribution < -0.4 is 4.90 Å². The molecule has 8 rings (SSSR count). The molecule has 0 spiro atoms. The van der Waals surface area contributed by atoms with Crippen molar-refractivity contribution >= 4 is 45.0 Å². The van der Waals surface area contributed by atoms with Crippen molar-refractivity contribution in [3.8, 4) is 27.9 Å². The Morgan fingerprint density at radius 1 is 0.591 bits per heavy atom. The maximum absolute atomic E-state index is 14.3. The number of benzene rings is 5. The highest BCUT2D eigenvalue weighted by molar-refractivity contribution is 6.36. The summed E-state index contributed by atoms with van der Waals surface area (Å²) in [5.74, 6) is -0.704. The average molecular weight is 567 g/mol. The van der Waals surface area contributed by atoms with Gasteiger partial charge in [-0.1, -0.05) is 78.9 Å². The summed E-state index contributed by atoms with van der Waals surface area (Å²) in [7, 11) is 0. The normalized spacial score (nSPS) is 12.6. The second kappa shape index (κ2) is 9.90. The van der Waals surface area contributed by atoms with Gasteiger partial charge in [0.1, 0.15) is 0 Å². The highest BCUT2D eigenvalue weighted by Gasteiger charge is 2.40. The highest BCUT2D eigenvalue weighted by atomic mass is 16.2. The van der Waals surface area contributed by atoms with Crippen molar-refractivity contribution < 1.29 is 9.59 Å². The Hall–Kier alpha value is -6.32. The summed E-state index contributed by atoms with van der Waals surface area (Å²) in [6, 6.07) is 38.5. The van der Waals surface area contributed by atoms with Crippen LogP contribution in [0.4, 0.5) is 11.4 Å². The van der Waals surface area contributed by atoms with Crippen LogP contribution in [0.25, 0.3) is 54.6 Å². The van der Waals surface area contributed by atoms with Crippen LogP contribution in [0.3, 0.4) is 0 Å². The van der Waals surface area contributed by atoms with Crippen molar-refractivity contribution in [3.63, 3.8) is 0 Å². The number of carbonyl (C=O) groups excluding carboxylic acids is 2. The van der Waals surface area contributed by atoms with Gasteiger partial charge < -0.3 is 4.57 Å². The molecule has 0 bridgehead atoms. The molecule has 6 nitrogen and oxygen atoms in total. The van der Waals surface area contributed by atoms with Crippen LogP contribution in [0.1, 0.15) is 20.7 Å². The number of fused-ring (bicyclic) bond motifs is 4. The van der Waals surface area contributed by atoms with E-state index in [1.807, 2.05) is 97.1 Å². The molecule has 6 heteroatoms. The molecule has 0 saturated heterocycles. The number of anilines is 1. The molecule has 0 saturated carbocycles. The Morgan fingerprint density at radius 3 is 2.18 bits per heavy atom. The summed E-state index contributed by atoms with van der Waals surface area (Å²) in [6.45, 7) is 7.62. The molecule has 0 fully saturated rings. The first-order valence-electron chi connectivity index (χ1n) is 14.2. The molecular weight excluding hydrogens is 544 g/mol. The maximum atomic E-state index is 14.3. The monoisotopic (exact) mass is 566 g/mol. The van der Waals surface area contributed by atoms with Crippen LogP contribution in [0.15, 0.2) is 134 Å². The molecule has 0 atom stereocenters. The first-order valence-corrected chi connectivity index (χ1v) is 14.2. The third kappa shape index (κ3) is 3.70. The number of hydrogen-bond acceptors (Lipinski definition) is 3. The number of nitrogens with zero attached hydrogens (tertiary/aromatic N) is 4. The lowest BCUT2D eigenvalue weighted by Crippen LogP contribution is -2.30. The van der Waals surface area contributed by atoms with E-state index in [1.54, 1.807) is 24.5 Å². The predicted octanol–water partition coefficient (Wildman–Crippen LogP) is 8.86. The number of aromatic nitrogens is 2. The lowest BCUT2D eigenvalue weighted by atomic mass is 10.0. The molecule has 1 aliphatic rings. The molecule has 2 amide bonds. The van der Waals surface area contributed by atoms with Crippen LogP contribution in [0.5, 0.6) is 0 Å². The molecule has 206 valence electrons. The summed E-state index contributed by atoms with van der Waals surface area (Å²) in [5, 5.41) is 1.97. The number of hydrogen-bond donors (Lipinski definition) is 0. The van der Waals surface area contributed by atoms with Gasteiger partial charge in [0.15, 0.2) is 5.69 Å². The number of carbonyl (C=O) groups is 2. The lowest BCUT2D eigenvalue weighted by molar-refractivity contribution is 0.0926. The Morgan fingerprint density at radius 2 is 1.32 bits per heavy atom. The zero-order chi connectivity index (χ0) is 29.8. The largest absolute Gasteiger partial charge is 0.308 e. The topological polar surface area (TPSA) is 59.6 Å². The first-order chi connectivity index (χ1) is 21.7. The highest BCUT2D eigenvalue weighted by Crippen LogP contribution is 2.41. The summed E-state index contributed by atoms with van der Waals surface area (Å²) in [4.78, 5) is 37.6. The van der Waals surface area contributed by atoms with Gasteiger partial charge in [0.05, 0.1) is 40.1 Å². The standard InChI is InChI=1S/C38H22N4O2/c1-39-31-20-21-40-23-30(31)25-18-19-34-29(22-25)27-13-6-8-16-33(27)41(34)35-17-9-14-28-36(35)38(44)42(37(28)43)32-15-7-5-12-26(32)24-10-3-2-4-11-24/h2-23H. The molecule has 0 aliphatic carbocycles. The van der Waals surface area contributed by atoms with Crippen molar-refractivity contribution in [3.05, 3.63) is 156 Å². The van der Waals surface area contributed by atoms with E-state index in [1.165, 1.54) is 4.90 Å². The van der Waals surface area contributed by atoms with Crippen molar-refractivity contribution in [1.82, 2.24) is 9.55 Å². The Balaban J connectivity index is 1.33. The minimum absolute atomic E-state index is 0.346. The quantitative estimate of drug-likeness (QED) is 0.158. The number of amides is 2. The number of imide groups is 1. The molecule has 7 aromatic rings. The van der Waals surface area contributed by atoms with Gasteiger partial charge in [-0.15, -0.1) is 0 Å². The van der Waals surface area contributed by atoms with Gasteiger partial charge in [-0.2, -0.15) is 0 Å². The molecule has 1 aliphatic heterocycles. The van der Waals surface area contributed by atoms with Gasteiger partial charge in [0.2, 0.25) is 0 Å². The van der Waals surface area contributed by atoms with E-state index >= 15 is 0 Å². The third-order valence-electron chi connectivity index (χ3n) is 8.27. The van der Waals surface area contributed by atoms with Gasteiger partial charge in [-0.05, 0) is 53.6 Å². The van der Waals surface area contributed by atoms with Crippen LogP contribution in [0.2, 0.25) is 0 Å². The van der Waals surface area contributed by atoms with E-state index in [9.17, 15) is 9.59 Å². The fourth-order valence-electron chi connectivity index (χ4n) is 6.31. The van der Waals surface area contributed by atoms with E-state index in [4.69, 9.17) is 6.57 Å². The van der Waals surface area contributed by atoms with Gasteiger partial charge in [-0.3, -0.25) is 14.6 Å². The molecule has 44 heavy (non-hydrogen) atoms. The van der Waals surface area contributed by atoms with Crippen LogP contribution in [-0.2, 0) is 0 Å². The number of rotatable bonds is 4. The fourth-order valence-corrected chi connectivity index (χ4v) is 6.31. The summed E-state index contributed by atoms with van der Waals surface area (Å²) >= 11 is 0. The molecule has 3 heterocycles. The smallest absolute Gasteiger partial charge is 0.268 e. The van der Waals surface area contributed by atoms with Crippen LogP contribution in [-0.4, -0.2) is 21.4 Å². The summed E-state index contributed by atoms with van der Waals surface area (Å²) < 4.78 is 2.06. The minimum Gasteiger partial charge on any atom is -0.308 e. The van der Waals surface area contributed by atoms with Gasteiger partial charge >= 0.3 is 0 Å². The zero-order valence-corrected chi connectivity index (χ0v) is 23.3. The Bertz CT molecular complexity index is 2350.